The first kappa shape index (κ1) is 21.9. The fourth-order valence-corrected chi connectivity index (χ4v) is 5.28. The topological polar surface area (TPSA) is 50.3 Å². The molecule has 2 heterocycles. The number of nitrogens with one attached hydrogen (secondary N) is 1. The Hall–Kier alpha value is -0.820. The summed E-state index contributed by atoms with van der Waals surface area (Å²) in [6, 6.07) is 5.14. The Labute approximate surface area is 181 Å². The molecule has 0 radical (unpaired) electrons. The van der Waals surface area contributed by atoms with Gasteiger partial charge in [-0.25, -0.2) is 4.79 Å². The fourth-order valence-electron chi connectivity index (χ4n) is 4.93. The third kappa shape index (κ3) is 4.35. The Balaban J connectivity index is 0.00000225. The van der Waals surface area contributed by atoms with Crippen LogP contribution in [0.4, 0.5) is 0 Å². The van der Waals surface area contributed by atoms with Crippen molar-refractivity contribution >= 4 is 39.4 Å². The van der Waals surface area contributed by atoms with Crippen molar-refractivity contribution < 1.29 is 4.74 Å². The number of aryl methyl sites for hydroxylation is 1. The maximum Gasteiger partial charge on any atom is 0.326 e. The number of likely N-dealkylation sites (tertiary alicyclic amines) is 1. The van der Waals surface area contributed by atoms with Crippen molar-refractivity contribution in [3.05, 3.63) is 32.7 Å². The number of hydrogen-bond donors (Lipinski definition) is 1. The number of aromatic amines is 1. The number of fused-ring (bicyclic) bond motifs is 1. The number of hydrogen-bond acceptors (Lipinski definition) is 3. The third-order valence-corrected chi connectivity index (χ3v) is 7.28. The van der Waals surface area contributed by atoms with Crippen LogP contribution in [0.2, 0.25) is 0 Å². The van der Waals surface area contributed by atoms with Crippen LogP contribution in [0.5, 0.6) is 0 Å². The van der Waals surface area contributed by atoms with Crippen LogP contribution in [0.1, 0.15) is 57.1 Å². The molecule has 0 spiro atoms. The van der Waals surface area contributed by atoms with Crippen molar-refractivity contribution in [3.8, 4) is 0 Å². The van der Waals surface area contributed by atoms with Gasteiger partial charge in [0.15, 0.2) is 0 Å². The molecule has 1 saturated heterocycles. The van der Waals surface area contributed by atoms with Crippen LogP contribution in [0, 0.1) is 6.92 Å². The Bertz CT molecular complexity index is 849. The minimum absolute atomic E-state index is 0. The minimum Gasteiger partial charge on any atom is -0.379 e. The zero-order valence-electron chi connectivity index (χ0n) is 16.7. The molecule has 2 fully saturated rings. The fraction of sp³-hybridized carbons (Fsp3) is 0.667. The molecule has 1 aromatic heterocycles. The second-order valence-corrected chi connectivity index (χ2v) is 8.93. The maximum absolute atomic E-state index is 12.6. The van der Waals surface area contributed by atoms with Crippen LogP contribution >= 0.6 is 28.3 Å². The molecule has 0 atom stereocenters. The van der Waals surface area contributed by atoms with E-state index in [0.717, 1.165) is 48.0 Å². The first-order valence-corrected chi connectivity index (χ1v) is 11.1. The zero-order valence-corrected chi connectivity index (χ0v) is 19.2. The smallest absolute Gasteiger partial charge is 0.326 e. The van der Waals surface area contributed by atoms with Crippen molar-refractivity contribution in [1.29, 1.82) is 0 Å². The van der Waals surface area contributed by atoms with Gasteiger partial charge in [-0.1, -0.05) is 15.9 Å². The quantitative estimate of drug-likeness (QED) is 0.695. The number of aromatic nitrogens is 2. The molecular formula is C21H31BrClN3O2. The number of ether oxygens (including phenoxy) is 1. The number of halogens is 2. The Morgan fingerprint density at radius 3 is 2.43 bits per heavy atom. The second kappa shape index (κ2) is 9.33. The van der Waals surface area contributed by atoms with Gasteiger partial charge in [0.2, 0.25) is 0 Å². The van der Waals surface area contributed by atoms with E-state index in [2.05, 4.69) is 45.7 Å². The monoisotopic (exact) mass is 471 g/mol. The molecule has 1 aliphatic heterocycles. The molecule has 0 unspecified atom stereocenters. The summed E-state index contributed by atoms with van der Waals surface area (Å²) in [5, 5.41) is 0. The van der Waals surface area contributed by atoms with Crippen LogP contribution in [-0.2, 0) is 4.74 Å². The number of benzene rings is 1. The predicted molar refractivity (Wildman–Crippen MR) is 120 cm³/mol. The highest BCUT2D eigenvalue weighted by Gasteiger charge is 2.30. The summed E-state index contributed by atoms with van der Waals surface area (Å²) >= 11 is 3.57. The van der Waals surface area contributed by atoms with Gasteiger partial charge in [0, 0.05) is 36.3 Å². The highest BCUT2D eigenvalue weighted by molar-refractivity contribution is 9.10. The van der Waals surface area contributed by atoms with Crippen LogP contribution < -0.4 is 5.69 Å². The van der Waals surface area contributed by atoms with Gasteiger partial charge in [0.05, 0.1) is 17.1 Å². The molecule has 0 amide bonds. The largest absolute Gasteiger partial charge is 0.379 e. The van der Waals surface area contributed by atoms with E-state index in [1.165, 1.54) is 31.2 Å². The molecule has 1 N–H and O–H groups in total. The lowest BCUT2D eigenvalue weighted by Gasteiger charge is -2.41. The summed E-state index contributed by atoms with van der Waals surface area (Å²) in [6.45, 7) is 7.17. The van der Waals surface area contributed by atoms with E-state index in [1.54, 1.807) is 0 Å². The predicted octanol–water partition coefficient (Wildman–Crippen LogP) is 4.81. The van der Waals surface area contributed by atoms with E-state index in [1.807, 2.05) is 10.6 Å². The highest BCUT2D eigenvalue weighted by Crippen LogP contribution is 2.31. The summed E-state index contributed by atoms with van der Waals surface area (Å²) < 4.78 is 8.83. The average molecular weight is 473 g/mol. The number of rotatable bonds is 4. The number of H-pyrrole nitrogens is 1. The second-order valence-electron chi connectivity index (χ2n) is 8.07. The van der Waals surface area contributed by atoms with Gasteiger partial charge in [0.1, 0.15) is 0 Å². The maximum atomic E-state index is 12.6. The lowest BCUT2D eigenvalue weighted by molar-refractivity contribution is 0.00796. The Morgan fingerprint density at radius 1 is 1.11 bits per heavy atom. The van der Waals surface area contributed by atoms with E-state index in [9.17, 15) is 4.79 Å². The molecule has 2 aliphatic rings. The van der Waals surface area contributed by atoms with Crippen LogP contribution in [0.15, 0.2) is 21.4 Å². The molecule has 5 nitrogen and oxygen atoms in total. The van der Waals surface area contributed by atoms with Gasteiger partial charge in [0.25, 0.3) is 0 Å². The number of piperidine rings is 1. The van der Waals surface area contributed by atoms with Crippen molar-refractivity contribution in [2.75, 3.05) is 19.7 Å². The summed E-state index contributed by atoms with van der Waals surface area (Å²) in [6.07, 6.45) is 7.44. The van der Waals surface area contributed by atoms with Gasteiger partial charge in [-0.05, 0) is 70.1 Å². The summed E-state index contributed by atoms with van der Waals surface area (Å²) in [7, 11) is 0. The molecule has 2 aromatic rings. The van der Waals surface area contributed by atoms with Gasteiger partial charge in [-0.2, -0.15) is 0 Å². The Kier molecular flexibility index (Phi) is 7.29. The van der Waals surface area contributed by atoms with Crippen LogP contribution in [0.25, 0.3) is 11.0 Å². The van der Waals surface area contributed by atoms with Crippen molar-refractivity contribution in [2.45, 2.75) is 70.6 Å². The van der Waals surface area contributed by atoms with Crippen molar-refractivity contribution in [3.63, 3.8) is 0 Å². The van der Waals surface area contributed by atoms with Gasteiger partial charge < -0.3 is 14.6 Å². The van der Waals surface area contributed by atoms with E-state index in [-0.39, 0.29) is 18.1 Å². The van der Waals surface area contributed by atoms with E-state index in [0.29, 0.717) is 18.2 Å². The van der Waals surface area contributed by atoms with E-state index >= 15 is 0 Å². The lowest BCUT2D eigenvalue weighted by Crippen LogP contribution is -2.45. The molecule has 1 aliphatic carbocycles. The summed E-state index contributed by atoms with van der Waals surface area (Å²) in [5.74, 6) is 0. The molecule has 156 valence electrons. The highest BCUT2D eigenvalue weighted by atomic mass is 79.9. The molecule has 7 heteroatoms. The molecule has 28 heavy (non-hydrogen) atoms. The zero-order chi connectivity index (χ0) is 19.0. The van der Waals surface area contributed by atoms with Crippen molar-refractivity contribution in [2.24, 2.45) is 0 Å². The van der Waals surface area contributed by atoms with Gasteiger partial charge >= 0.3 is 5.69 Å². The first-order chi connectivity index (χ1) is 13.1. The standard InChI is InChI=1S/C21H30BrN3O2.ClH/c1-3-27-17-6-4-15(5-7-17)24-10-8-16(9-11-24)25-20-12-14(2)18(22)13-19(20)23-21(25)26;/h12-13,15-17H,3-11H2,1-2H3,(H,23,26);1H. The number of nitrogens with zero attached hydrogens (tertiary/aromatic N) is 2. The van der Waals surface area contributed by atoms with Gasteiger partial charge in [-0.3, -0.25) is 4.57 Å². The summed E-state index contributed by atoms with van der Waals surface area (Å²) in [5.41, 5.74) is 3.16. The lowest BCUT2D eigenvalue weighted by atomic mass is 9.90. The number of imidazole rings is 1. The molecule has 4 rings (SSSR count). The van der Waals surface area contributed by atoms with Gasteiger partial charge in [-0.15, -0.1) is 12.4 Å². The minimum atomic E-state index is 0. The molecular weight excluding hydrogens is 442 g/mol. The van der Waals surface area contributed by atoms with Crippen LogP contribution in [0.3, 0.4) is 0 Å². The SMILES string of the molecule is CCOC1CCC(N2CCC(n3c(=O)[nH]c4cc(Br)c(C)cc43)CC2)CC1.Cl. The first-order valence-electron chi connectivity index (χ1n) is 10.3. The molecule has 1 aromatic carbocycles. The summed E-state index contributed by atoms with van der Waals surface area (Å²) in [4.78, 5) is 18.3. The molecule has 1 saturated carbocycles. The van der Waals surface area contributed by atoms with E-state index < -0.39 is 0 Å². The molecule has 0 bridgehead atoms. The average Bonchev–Trinajstić information content (AvgIpc) is 2.98. The Morgan fingerprint density at radius 2 is 1.79 bits per heavy atom. The van der Waals surface area contributed by atoms with E-state index in [4.69, 9.17) is 4.74 Å². The third-order valence-electron chi connectivity index (χ3n) is 6.42. The van der Waals surface area contributed by atoms with Crippen LogP contribution in [-0.4, -0.2) is 46.3 Å². The normalized spacial score (nSPS) is 24.4. The van der Waals surface area contributed by atoms with Crippen molar-refractivity contribution in [1.82, 2.24) is 14.5 Å².